The zero-order chi connectivity index (χ0) is 15.2. The van der Waals surface area contributed by atoms with E-state index in [9.17, 15) is 4.79 Å². The number of amides is 1. The van der Waals surface area contributed by atoms with Gasteiger partial charge in [0.25, 0.3) is 5.91 Å². The number of carbonyl (C=O) groups is 1. The third kappa shape index (κ3) is 3.31. The van der Waals surface area contributed by atoms with Gasteiger partial charge in [-0.3, -0.25) is 4.79 Å². The highest BCUT2D eigenvalue weighted by molar-refractivity contribution is 6.08. The third-order valence-electron chi connectivity index (χ3n) is 3.15. The zero-order valence-electron chi connectivity index (χ0n) is 12.5. The average molecular weight is 285 g/mol. The normalized spacial score (nSPS) is 10.0. The Morgan fingerprint density at radius 1 is 1.29 bits per heavy atom. The number of nitrogens with one attached hydrogen (secondary N) is 1. The number of benzene rings is 1. The Balaban J connectivity index is 2.26. The maximum Gasteiger partial charge on any atom is 0.261 e. The Hall–Kier alpha value is -2.56. The van der Waals surface area contributed by atoms with Crippen molar-refractivity contribution < 1.29 is 9.53 Å². The molecule has 0 fully saturated rings. The van der Waals surface area contributed by atoms with Crippen molar-refractivity contribution >= 4 is 17.4 Å². The fourth-order valence-electron chi connectivity index (χ4n) is 1.99. The minimum absolute atomic E-state index is 0.107. The lowest BCUT2D eigenvalue weighted by Crippen LogP contribution is -2.27. The summed E-state index contributed by atoms with van der Waals surface area (Å²) < 4.78 is 5.12. The number of pyridine rings is 1. The average Bonchev–Trinajstić information content (AvgIpc) is 2.54. The van der Waals surface area contributed by atoms with Gasteiger partial charge in [0.2, 0.25) is 0 Å². The van der Waals surface area contributed by atoms with Gasteiger partial charge in [0.15, 0.2) is 0 Å². The summed E-state index contributed by atoms with van der Waals surface area (Å²) in [5, 5.41) is 3.10. The molecule has 0 bridgehead atoms. The van der Waals surface area contributed by atoms with Crippen LogP contribution in [0.4, 0.5) is 11.5 Å². The van der Waals surface area contributed by atoms with Gasteiger partial charge in [-0.05, 0) is 43.3 Å². The quantitative estimate of drug-likeness (QED) is 0.917. The summed E-state index contributed by atoms with van der Waals surface area (Å²) in [5.74, 6) is 1.25. The molecule has 0 unspecified atom stereocenters. The van der Waals surface area contributed by atoms with Crippen molar-refractivity contribution in [3.8, 4) is 5.75 Å². The van der Waals surface area contributed by atoms with Crippen LogP contribution >= 0.6 is 0 Å². The summed E-state index contributed by atoms with van der Waals surface area (Å²) in [5.41, 5.74) is 1.35. The van der Waals surface area contributed by atoms with Crippen molar-refractivity contribution in [3.63, 3.8) is 0 Å². The molecule has 0 aliphatic rings. The van der Waals surface area contributed by atoms with Gasteiger partial charge in [-0.25, -0.2) is 4.98 Å². The molecule has 1 amide bonds. The van der Waals surface area contributed by atoms with Crippen molar-refractivity contribution in [2.45, 2.75) is 6.92 Å². The lowest BCUT2D eigenvalue weighted by molar-refractivity contribution is 0.0993. The minimum Gasteiger partial charge on any atom is -0.497 e. The van der Waals surface area contributed by atoms with Crippen LogP contribution in [0, 0.1) is 0 Å². The summed E-state index contributed by atoms with van der Waals surface area (Å²) in [4.78, 5) is 18.4. The highest BCUT2D eigenvalue weighted by Crippen LogP contribution is 2.21. The summed E-state index contributed by atoms with van der Waals surface area (Å²) in [6.45, 7) is 2.68. The Morgan fingerprint density at radius 2 is 2.00 bits per heavy atom. The molecule has 1 aromatic heterocycles. The number of carbonyl (C=O) groups excluding carboxylic acids is 1. The molecule has 0 radical (unpaired) electrons. The Labute approximate surface area is 124 Å². The van der Waals surface area contributed by atoms with Crippen LogP contribution in [0.5, 0.6) is 5.75 Å². The van der Waals surface area contributed by atoms with Gasteiger partial charge in [0.1, 0.15) is 11.6 Å². The predicted molar refractivity (Wildman–Crippen MR) is 84.1 cm³/mol. The van der Waals surface area contributed by atoms with Crippen molar-refractivity contribution in [1.29, 1.82) is 0 Å². The molecule has 0 spiro atoms. The van der Waals surface area contributed by atoms with Crippen LogP contribution in [0.25, 0.3) is 0 Å². The number of methoxy groups -OCH3 is 1. The molecule has 0 aliphatic carbocycles. The first-order valence-corrected chi connectivity index (χ1v) is 6.78. The second-order valence-electron chi connectivity index (χ2n) is 4.49. The van der Waals surface area contributed by atoms with Gasteiger partial charge in [-0.1, -0.05) is 0 Å². The molecule has 0 saturated heterocycles. The number of rotatable bonds is 5. The summed E-state index contributed by atoms with van der Waals surface area (Å²) in [7, 11) is 3.36. The number of hydrogen-bond acceptors (Lipinski definition) is 4. The van der Waals surface area contributed by atoms with E-state index in [4.69, 9.17) is 4.74 Å². The lowest BCUT2D eigenvalue weighted by atomic mass is 10.2. The summed E-state index contributed by atoms with van der Waals surface area (Å²) in [6, 6.07) is 10.9. The van der Waals surface area contributed by atoms with E-state index in [1.807, 2.05) is 31.2 Å². The van der Waals surface area contributed by atoms with E-state index in [0.717, 1.165) is 11.4 Å². The van der Waals surface area contributed by atoms with Crippen molar-refractivity contribution in [2.24, 2.45) is 0 Å². The first-order chi connectivity index (χ1) is 10.2. The van der Waals surface area contributed by atoms with Gasteiger partial charge in [0, 0.05) is 25.5 Å². The molecular weight excluding hydrogens is 266 g/mol. The molecule has 110 valence electrons. The topological polar surface area (TPSA) is 54.5 Å². The fraction of sp³-hybridized carbons (Fsp3) is 0.250. The number of nitrogens with zero attached hydrogens (tertiary/aromatic N) is 2. The molecule has 1 heterocycles. The molecule has 21 heavy (non-hydrogen) atoms. The van der Waals surface area contributed by atoms with Crippen molar-refractivity contribution in [3.05, 3.63) is 48.2 Å². The van der Waals surface area contributed by atoms with E-state index in [1.54, 1.807) is 37.4 Å². The SMILES string of the molecule is CCNc1ncccc1C(=O)N(C)c1ccc(OC)cc1. The van der Waals surface area contributed by atoms with Gasteiger partial charge in [-0.15, -0.1) is 0 Å². The van der Waals surface area contributed by atoms with Crippen LogP contribution in [0.2, 0.25) is 0 Å². The molecule has 5 nitrogen and oxygen atoms in total. The molecule has 1 aromatic carbocycles. The highest BCUT2D eigenvalue weighted by atomic mass is 16.5. The lowest BCUT2D eigenvalue weighted by Gasteiger charge is -2.19. The van der Waals surface area contributed by atoms with Crippen LogP contribution in [0.3, 0.4) is 0 Å². The van der Waals surface area contributed by atoms with E-state index in [-0.39, 0.29) is 5.91 Å². The van der Waals surface area contributed by atoms with Gasteiger partial charge in [-0.2, -0.15) is 0 Å². The van der Waals surface area contributed by atoms with E-state index in [2.05, 4.69) is 10.3 Å². The van der Waals surface area contributed by atoms with Gasteiger partial charge >= 0.3 is 0 Å². The molecular formula is C16H19N3O2. The second kappa shape index (κ2) is 6.74. The second-order valence-corrected chi connectivity index (χ2v) is 4.49. The Kier molecular flexibility index (Phi) is 4.77. The van der Waals surface area contributed by atoms with E-state index >= 15 is 0 Å². The highest BCUT2D eigenvalue weighted by Gasteiger charge is 2.17. The minimum atomic E-state index is -0.107. The van der Waals surface area contributed by atoms with Crippen LogP contribution in [0.15, 0.2) is 42.6 Å². The number of aromatic nitrogens is 1. The summed E-state index contributed by atoms with van der Waals surface area (Å²) >= 11 is 0. The van der Waals surface area contributed by atoms with E-state index < -0.39 is 0 Å². The number of hydrogen-bond donors (Lipinski definition) is 1. The van der Waals surface area contributed by atoms with Crippen LogP contribution in [0.1, 0.15) is 17.3 Å². The molecule has 2 aromatic rings. The van der Waals surface area contributed by atoms with Crippen LogP contribution < -0.4 is 15.0 Å². The first-order valence-electron chi connectivity index (χ1n) is 6.78. The molecule has 0 saturated carbocycles. The number of anilines is 2. The maximum atomic E-state index is 12.6. The predicted octanol–water partition coefficient (Wildman–Crippen LogP) is 2.80. The molecule has 1 N–H and O–H groups in total. The number of ether oxygens (including phenoxy) is 1. The largest absolute Gasteiger partial charge is 0.497 e. The molecule has 0 aliphatic heterocycles. The third-order valence-corrected chi connectivity index (χ3v) is 3.15. The van der Waals surface area contributed by atoms with Crippen LogP contribution in [-0.4, -0.2) is 31.6 Å². The van der Waals surface area contributed by atoms with Gasteiger partial charge in [0.05, 0.1) is 12.7 Å². The van der Waals surface area contributed by atoms with Crippen LogP contribution in [-0.2, 0) is 0 Å². The van der Waals surface area contributed by atoms with Crippen molar-refractivity contribution in [2.75, 3.05) is 30.9 Å². The van der Waals surface area contributed by atoms with Gasteiger partial charge < -0.3 is 15.0 Å². The van der Waals surface area contributed by atoms with Crippen molar-refractivity contribution in [1.82, 2.24) is 4.98 Å². The Morgan fingerprint density at radius 3 is 2.62 bits per heavy atom. The Bertz CT molecular complexity index is 611. The summed E-state index contributed by atoms with van der Waals surface area (Å²) in [6.07, 6.45) is 1.67. The molecule has 0 atom stereocenters. The monoisotopic (exact) mass is 285 g/mol. The fourth-order valence-corrected chi connectivity index (χ4v) is 1.99. The maximum absolute atomic E-state index is 12.6. The standard InChI is InChI=1S/C16H19N3O2/c1-4-17-15-14(6-5-11-18-15)16(20)19(2)12-7-9-13(21-3)10-8-12/h5-11H,4H2,1-3H3,(H,17,18). The molecule has 5 heteroatoms. The smallest absolute Gasteiger partial charge is 0.261 e. The zero-order valence-corrected chi connectivity index (χ0v) is 12.5. The first kappa shape index (κ1) is 14.8. The van der Waals surface area contributed by atoms with E-state index in [0.29, 0.717) is 17.9 Å². The molecule has 2 rings (SSSR count). The van der Waals surface area contributed by atoms with E-state index in [1.165, 1.54) is 0 Å².